The summed E-state index contributed by atoms with van der Waals surface area (Å²) >= 11 is 1.74. The van der Waals surface area contributed by atoms with Crippen LogP contribution in [0.2, 0.25) is 0 Å². The lowest BCUT2D eigenvalue weighted by atomic mass is 10.0. The van der Waals surface area contributed by atoms with Crippen LogP contribution in [0.15, 0.2) is 133 Å². The van der Waals surface area contributed by atoms with Crippen LogP contribution in [0.25, 0.3) is 97.4 Å². The molecule has 0 amide bonds. The molecular formula is C40H22N4S. The molecule has 0 unspecified atom stereocenters. The Labute approximate surface area is 260 Å². The molecule has 0 aliphatic heterocycles. The molecule has 0 saturated carbocycles. The fourth-order valence-corrected chi connectivity index (χ4v) is 8.73. The first-order valence-corrected chi connectivity index (χ1v) is 16.0. The Morgan fingerprint density at radius 1 is 0.467 bits per heavy atom. The van der Waals surface area contributed by atoms with Gasteiger partial charge in [-0.1, -0.05) is 103 Å². The van der Waals surface area contributed by atoms with Crippen LogP contribution < -0.4 is 0 Å². The third kappa shape index (κ3) is 2.96. The molecule has 208 valence electrons. The molecule has 0 atom stereocenters. The molecule has 0 radical (unpaired) electrons. The third-order valence-electron chi connectivity index (χ3n) is 9.47. The first-order chi connectivity index (χ1) is 22.3. The average Bonchev–Trinajstić information content (AvgIpc) is 3.83. The summed E-state index contributed by atoms with van der Waals surface area (Å²) in [4.78, 5) is 11.6. The zero-order valence-corrected chi connectivity index (χ0v) is 24.7. The van der Waals surface area contributed by atoms with E-state index in [9.17, 15) is 0 Å². The smallest absolute Gasteiger partial charge is 0.163 e. The minimum absolute atomic E-state index is 0.739. The zero-order chi connectivity index (χ0) is 29.2. The van der Waals surface area contributed by atoms with Crippen molar-refractivity contribution in [1.29, 1.82) is 0 Å². The Morgan fingerprint density at radius 2 is 1.07 bits per heavy atom. The van der Waals surface area contributed by atoms with Gasteiger partial charge in [0.2, 0.25) is 0 Å². The van der Waals surface area contributed by atoms with Crippen molar-refractivity contribution in [2.45, 2.75) is 0 Å². The van der Waals surface area contributed by atoms with E-state index in [1.165, 1.54) is 64.5 Å². The maximum Gasteiger partial charge on any atom is 0.163 e. The molecule has 0 bridgehead atoms. The van der Waals surface area contributed by atoms with Crippen molar-refractivity contribution in [3.05, 3.63) is 133 Å². The van der Waals surface area contributed by atoms with E-state index in [-0.39, 0.29) is 0 Å². The van der Waals surface area contributed by atoms with Crippen molar-refractivity contribution in [2.75, 3.05) is 0 Å². The predicted molar refractivity (Wildman–Crippen MR) is 189 cm³/mol. The lowest BCUT2D eigenvalue weighted by Crippen LogP contribution is -2.02. The molecule has 0 spiro atoms. The molecule has 5 aromatic heterocycles. The van der Waals surface area contributed by atoms with Crippen molar-refractivity contribution in [3.63, 3.8) is 0 Å². The van der Waals surface area contributed by atoms with Gasteiger partial charge in [0.05, 0.1) is 33.0 Å². The standard InChI is InChI=1S/C40H22N4S/c1-2-12-23(13-3-1)38-41-39(35-27-17-7-11-21-33(27)45-40(35)42-38)44-31-19-9-5-15-25(31)29-22-28-24-14-4-8-18-30(24)43-32-20-10-6-16-26(32)34(36(28)43)37(29)44/h1-22H. The summed E-state index contributed by atoms with van der Waals surface area (Å²) in [5.41, 5.74) is 7.07. The monoisotopic (exact) mass is 590 g/mol. The van der Waals surface area contributed by atoms with Gasteiger partial charge in [0.15, 0.2) is 11.6 Å². The lowest BCUT2D eigenvalue weighted by molar-refractivity contribution is 1.08. The topological polar surface area (TPSA) is 35.1 Å². The second-order valence-electron chi connectivity index (χ2n) is 11.8. The summed E-state index contributed by atoms with van der Waals surface area (Å²) in [5.74, 6) is 1.66. The largest absolute Gasteiger partial charge is 0.308 e. The normalized spacial score (nSPS) is 12.4. The van der Waals surface area contributed by atoms with Crippen molar-refractivity contribution in [3.8, 4) is 17.2 Å². The number of hydrogen-bond acceptors (Lipinski definition) is 3. The van der Waals surface area contributed by atoms with Crippen LogP contribution in [0.3, 0.4) is 0 Å². The van der Waals surface area contributed by atoms with Gasteiger partial charge in [0.1, 0.15) is 4.83 Å². The molecule has 11 rings (SSSR count). The fourth-order valence-electron chi connectivity index (χ4n) is 7.66. The molecule has 0 aliphatic rings. The Kier molecular flexibility index (Phi) is 4.43. The minimum Gasteiger partial charge on any atom is -0.308 e. The maximum absolute atomic E-state index is 5.46. The van der Waals surface area contributed by atoms with Gasteiger partial charge in [-0.3, -0.25) is 4.57 Å². The van der Waals surface area contributed by atoms with Crippen molar-refractivity contribution in [2.24, 2.45) is 0 Å². The van der Waals surface area contributed by atoms with Crippen molar-refractivity contribution in [1.82, 2.24) is 18.9 Å². The molecule has 0 fully saturated rings. The van der Waals surface area contributed by atoms with Crippen LogP contribution in [0.4, 0.5) is 0 Å². The molecule has 4 nitrogen and oxygen atoms in total. The molecule has 11 aromatic rings. The number of hydrogen-bond donors (Lipinski definition) is 0. The van der Waals surface area contributed by atoms with Gasteiger partial charge in [-0.25, -0.2) is 9.97 Å². The second kappa shape index (κ2) is 8.44. The molecule has 0 saturated heterocycles. The lowest BCUT2D eigenvalue weighted by Gasteiger charge is -2.12. The quantitative estimate of drug-likeness (QED) is 0.201. The molecule has 5 heteroatoms. The SMILES string of the molecule is c1ccc(-c2nc(-n3c4ccccc4c4cc5c6ccccc6n6c7ccccc7c(c43)c56)c3c(n2)sc2ccccc23)cc1. The molecular weight excluding hydrogens is 569 g/mol. The Hall–Kier alpha value is -5.78. The second-order valence-corrected chi connectivity index (χ2v) is 12.8. The third-order valence-corrected chi connectivity index (χ3v) is 10.5. The van der Waals surface area contributed by atoms with Gasteiger partial charge in [-0.05, 0) is 30.3 Å². The van der Waals surface area contributed by atoms with Gasteiger partial charge in [0.25, 0.3) is 0 Å². The molecule has 0 aliphatic carbocycles. The maximum atomic E-state index is 5.46. The summed E-state index contributed by atoms with van der Waals surface area (Å²) < 4.78 is 6.10. The highest BCUT2D eigenvalue weighted by molar-refractivity contribution is 7.25. The molecule has 45 heavy (non-hydrogen) atoms. The van der Waals surface area contributed by atoms with E-state index < -0.39 is 0 Å². The van der Waals surface area contributed by atoms with Gasteiger partial charge in [-0.2, -0.15) is 0 Å². The van der Waals surface area contributed by atoms with Crippen LogP contribution in [-0.2, 0) is 0 Å². The van der Waals surface area contributed by atoms with Gasteiger partial charge >= 0.3 is 0 Å². The van der Waals surface area contributed by atoms with E-state index in [1.807, 2.05) is 6.07 Å². The van der Waals surface area contributed by atoms with Crippen LogP contribution >= 0.6 is 11.3 Å². The summed E-state index contributed by atoms with van der Waals surface area (Å²) in [6.07, 6.45) is 0. The van der Waals surface area contributed by atoms with E-state index in [0.717, 1.165) is 32.9 Å². The van der Waals surface area contributed by atoms with Crippen LogP contribution in [0.5, 0.6) is 0 Å². The number of benzene rings is 6. The van der Waals surface area contributed by atoms with E-state index in [0.29, 0.717) is 0 Å². The van der Waals surface area contributed by atoms with E-state index in [4.69, 9.17) is 9.97 Å². The molecule has 0 N–H and O–H groups in total. The highest BCUT2D eigenvalue weighted by atomic mass is 32.1. The predicted octanol–water partition coefficient (Wildman–Crippen LogP) is 10.8. The highest BCUT2D eigenvalue weighted by Gasteiger charge is 2.26. The van der Waals surface area contributed by atoms with E-state index in [2.05, 4.69) is 136 Å². The zero-order valence-electron chi connectivity index (χ0n) is 23.9. The number of para-hydroxylation sites is 3. The van der Waals surface area contributed by atoms with Crippen LogP contribution in [-0.4, -0.2) is 18.9 Å². The summed E-state index contributed by atoms with van der Waals surface area (Å²) in [6, 6.07) is 47.8. The van der Waals surface area contributed by atoms with E-state index >= 15 is 0 Å². The van der Waals surface area contributed by atoms with Crippen molar-refractivity contribution >= 4 is 91.5 Å². The first kappa shape index (κ1) is 23.6. The summed E-state index contributed by atoms with van der Waals surface area (Å²) in [6.45, 7) is 0. The van der Waals surface area contributed by atoms with Gasteiger partial charge in [0, 0.05) is 48.0 Å². The van der Waals surface area contributed by atoms with Gasteiger partial charge < -0.3 is 4.40 Å². The Morgan fingerprint density at radius 3 is 1.87 bits per heavy atom. The highest BCUT2D eigenvalue weighted by Crippen LogP contribution is 2.47. The summed E-state index contributed by atoms with van der Waals surface area (Å²) in [7, 11) is 0. The molecule has 6 aromatic carbocycles. The fraction of sp³-hybridized carbons (Fsp3) is 0. The van der Waals surface area contributed by atoms with Crippen molar-refractivity contribution < 1.29 is 0 Å². The number of rotatable bonds is 2. The Bertz CT molecular complexity index is 2980. The molecule has 5 heterocycles. The van der Waals surface area contributed by atoms with Crippen LogP contribution in [0, 0.1) is 0 Å². The van der Waals surface area contributed by atoms with Crippen LogP contribution in [0.1, 0.15) is 0 Å². The number of fused-ring (bicyclic) bond motifs is 13. The van der Waals surface area contributed by atoms with E-state index in [1.54, 1.807) is 11.3 Å². The summed E-state index contributed by atoms with van der Waals surface area (Å²) in [5, 5.41) is 9.81. The average molecular weight is 591 g/mol. The first-order valence-electron chi connectivity index (χ1n) is 15.2. The Balaban J connectivity index is 1.44. The number of nitrogens with zero attached hydrogens (tertiary/aromatic N) is 4. The minimum atomic E-state index is 0.739. The van der Waals surface area contributed by atoms with Gasteiger partial charge in [-0.15, -0.1) is 11.3 Å². The number of thiophene rings is 1. The number of aromatic nitrogens is 4.